The molecule has 1 amide bonds. The summed E-state index contributed by atoms with van der Waals surface area (Å²) in [5.41, 5.74) is 5.56. The van der Waals surface area contributed by atoms with Crippen molar-refractivity contribution in [3.8, 4) is 6.07 Å². The van der Waals surface area contributed by atoms with E-state index in [0.29, 0.717) is 6.42 Å². The Morgan fingerprint density at radius 2 is 1.93 bits per heavy atom. The third kappa shape index (κ3) is 4.51. The van der Waals surface area contributed by atoms with Gasteiger partial charge in [-0.15, -0.1) is 11.3 Å². The minimum Gasteiger partial charge on any atom is -0.366 e. The lowest BCUT2D eigenvalue weighted by molar-refractivity contribution is -0.117. The average Bonchev–Trinajstić information content (AvgIpc) is 2.98. The molecule has 0 unspecified atom stereocenters. The van der Waals surface area contributed by atoms with E-state index >= 15 is 0 Å². The van der Waals surface area contributed by atoms with Crippen molar-refractivity contribution in [3.63, 3.8) is 0 Å². The van der Waals surface area contributed by atoms with Gasteiger partial charge in [0.2, 0.25) is 5.91 Å². The predicted octanol–water partition coefficient (Wildman–Crippen LogP) is 5.17. The van der Waals surface area contributed by atoms with Crippen molar-refractivity contribution in [2.24, 2.45) is 5.41 Å². The van der Waals surface area contributed by atoms with E-state index in [2.05, 4.69) is 63.0 Å². The molecule has 1 aliphatic heterocycles. The Hall–Kier alpha value is -2.32. The monoisotopic (exact) mass is 381 g/mol. The fraction of sp³-hybridized carbons (Fsp3) is 0.455. The number of hydrogen-bond acceptors (Lipinski definition) is 4. The van der Waals surface area contributed by atoms with Crippen LogP contribution < -0.4 is 10.2 Å². The van der Waals surface area contributed by atoms with Crippen LogP contribution in [0.2, 0.25) is 0 Å². The smallest absolute Gasteiger partial charge is 0.224 e. The van der Waals surface area contributed by atoms with E-state index in [0.717, 1.165) is 41.2 Å². The van der Waals surface area contributed by atoms with E-state index in [-0.39, 0.29) is 11.3 Å². The van der Waals surface area contributed by atoms with Crippen molar-refractivity contribution in [3.05, 3.63) is 44.6 Å². The molecule has 0 saturated carbocycles. The van der Waals surface area contributed by atoms with Crippen LogP contribution in [0.4, 0.5) is 11.4 Å². The summed E-state index contributed by atoms with van der Waals surface area (Å²) in [4.78, 5) is 16.8. The number of carbonyl (C=O) groups excluding carboxylic acids is 1. The molecule has 0 fully saturated rings. The molecule has 2 aromatic rings. The molecule has 0 atom stereocenters. The van der Waals surface area contributed by atoms with Crippen LogP contribution in [0.3, 0.4) is 0 Å². The normalized spacial score (nSPS) is 13.9. The summed E-state index contributed by atoms with van der Waals surface area (Å²) < 4.78 is 0. The Bertz CT molecular complexity index is 892. The fourth-order valence-electron chi connectivity index (χ4n) is 3.58. The van der Waals surface area contributed by atoms with Crippen LogP contribution >= 0.6 is 11.3 Å². The summed E-state index contributed by atoms with van der Waals surface area (Å²) >= 11 is 1.60. The standard InChI is InChI=1S/C22H27N3OS/c1-14-8-17(9-15(2)21(14)24-20(26)11-22(3,4)5)25-7-6-16-10-18(12-23)27-19(16)13-25/h8-10H,6-7,11,13H2,1-5H3,(H,24,26). The summed E-state index contributed by atoms with van der Waals surface area (Å²) in [5, 5.41) is 12.2. The van der Waals surface area contributed by atoms with Gasteiger partial charge in [-0.25, -0.2) is 0 Å². The van der Waals surface area contributed by atoms with Crippen molar-refractivity contribution in [2.45, 2.75) is 54.0 Å². The fourth-order valence-corrected chi connectivity index (χ4v) is 4.61. The number of nitriles is 1. The zero-order chi connectivity index (χ0) is 19.8. The van der Waals surface area contributed by atoms with Crippen LogP contribution in [0.1, 0.15) is 53.6 Å². The molecule has 5 heteroatoms. The van der Waals surface area contributed by atoms with Gasteiger partial charge in [0.25, 0.3) is 0 Å². The van der Waals surface area contributed by atoms with Crippen molar-refractivity contribution >= 4 is 28.6 Å². The first-order chi connectivity index (χ1) is 12.7. The van der Waals surface area contributed by atoms with Crippen LogP contribution in [0.15, 0.2) is 18.2 Å². The maximum absolute atomic E-state index is 12.3. The van der Waals surface area contributed by atoms with Gasteiger partial charge in [0.05, 0.1) is 6.54 Å². The van der Waals surface area contributed by atoms with Crippen LogP contribution in [-0.2, 0) is 17.8 Å². The Morgan fingerprint density at radius 1 is 1.26 bits per heavy atom. The number of nitrogens with one attached hydrogen (secondary N) is 1. The van der Waals surface area contributed by atoms with E-state index in [1.54, 1.807) is 11.3 Å². The molecule has 0 bridgehead atoms. The first-order valence-electron chi connectivity index (χ1n) is 9.34. The van der Waals surface area contributed by atoms with Gasteiger partial charge in [-0.3, -0.25) is 4.79 Å². The van der Waals surface area contributed by atoms with Crippen molar-refractivity contribution in [1.82, 2.24) is 0 Å². The highest BCUT2D eigenvalue weighted by molar-refractivity contribution is 7.12. The van der Waals surface area contributed by atoms with Gasteiger partial charge in [0, 0.05) is 29.2 Å². The third-order valence-electron chi connectivity index (χ3n) is 4.83. The van der Waals surface area contributed by atoms with E-state index in [1.165, 1.54) is 16.1 Å². The van der Waals surface area contributed by atoms with Gasteiger partial charge < -0.3 is 10.2 Å². The van der Waals surface area contributed by atoms with Gasteiger partial charge >= 0.3 is 0 Å². The van der Waals surface area contributed by atoms with Gasteiger partial charge in [0.1, 0.15) is 10.9 Å². The average molecular weight is 382 g/mol. The van der Waals surface area contributed by atoms with Crippen molar-refractivity contribution in [1.29, 1.82) is 5.26 Å². The number of fused-ring (bicyclic) bond motifs is 1. The summed E-state index contributed by atoms with van der Waals surface area (Å²) in [6.07, 6.45) is 1.47. The predicted molar refractivity (Wildman–Crippen MR) is 112 cm³/mol. The largest absolute Gasteiger partial charge is 0.366 e. The second-order valence-electron chi connectivity index (χ2n) is 8.58. The van der Waals surface area contributed by atoms with Gasteiger partial charge in [-0.05, 0) is 60.6 Å². The van der Waals surface area contributed by atoms with Crippen molar-refractivity contribution in [2.75, 3.05) is 16.8 Å². The van der Waals surface area contributed by atoms with E-state index in [4.69, 9.17) is 5.26 Å². The zero-order valence-electron chi connectivity index (χ0n) is 16.8. The highest BCUT2D eigenvalue weighted by atomic mass is 32.1. The lowest BCUT2D eigenvalue weighted by Gasteiger charge is -2.30. The van der Waals surface area contributed by atoms with Gasteiger partial charge in [-0.1, -0.05) is 20.8 Å². The topological polar surface area (TPSA) is 56.1 Å². The first kappa shape index (κ1) is 19.4. The minimum atomic E-state index is -0.0275. The van der Waals surface area contributed by atoms with Gasteiger partial charge in [0.15, 0.2) is 0 Å². The molecule has 2 heterocycles. The summed E-state index contributed by atoms with van der Waals surface area (Å²) in [7, 11) is 0. The Morgan fingerprint density at radius 3 is 2.52 bits per heavy atom. The summed E-state index contributed by atoms with van der Waals surface area (Å²) in [6.45, 7) is 12.1. The number of nitrogens with zero attached hydrogens (tertiary/aromatic N) is 2. The van der Waals surface area contributed by atoms with E-state index < -0.39 is 0 Å². The number of benzene rings is 1. The molecule has 0 saturated heterocycles. The number of rotatable bonds is 3. The highest BCUT2D eigenvalue weighted by Crippen LogP contribution is 2.33. The second kappa shape index (κ2) is 7.36. The molecule has 0 aliphatic carbocycles. The van der Waals surface area contributed by atoms with Crippen LogP contribution in [0.5, 0.6) is 0 Å². The molecule has 1 aromatic carbocycles. The number of hydrogen-bond donors (Lipinski definition) is 1. The molecule has 27 heavy (non-hydrogen) atoms. The molecule has 1 N–H and O–H groups in total. The number of anilines is 2. The maximum Gasteiger partial charge on any atom is 0.224 e. The lowest BCUT2D eigenvalue weighted by atomic mass is 9.92. The second-order valence-corrected chi connectivity index (χ2v) is 9.72. The molecule has 142 valence electrons. The SMILES string of the molecule is Cc1cc(N2CCc3cc(C#N)sc3C2)cc(C)c1NC(=O)CC(C)(C)C. The lowest BCUT2D eigenvalue weighted by Crippen LogP contribution is -2.29. The first-order valence-corrected chi connectivity index (χ1v) is 10.2. The maximum atomic E-state index is 12.3. The van der Waals surface area contributed by atoms with Crippen LogP contribution in [0.25, 0.3) is 0 Å². The van der Waals surface area contributed by atoms with E-state index in [9.17, 15) is 4.79 Å². The Labute approximate surface area is 165 Å². The molecule has 4 nitrogen and oxygen atoms in total. The Kier molecular flexibility index (Phi) is 5.30. The number of aryl methyl sites for hydroxylation is 2. The quantitative estimate of drug-likeness (QED) is 0.797. The Balaban J connectivity index is 1.79. The molecule has 0 radical (unpaired) electrons. The number of thiophene rings is 1. The van der Waals surface area contributed by atoms with Crippen molar-refractivity contribution < 1.29 is 4.79 Å². The van der Waals surface area contributed by atoms with Crippen LogP contribution in [0, 0.1) is 30.6 Å². The molecule has 1 aromatic heterocycles. The summed E-state index contributed by atoms with van der Waals surface area (Å²) in [5.74, 6) is 0.0617. The van der Waals surface area contributed by atoms with Gasteiger partial charge in [-0.2, -0.15) is 5.26 Å². The molecular weight excluding hydrogens is 354 g/mol. The highest BCUT2D eigenvalue weighted by Gasteiger charge is 2.21. The summed E-state index contributed by atoms with van der Waals surface area (Å²) in [6, 6.07) is 8.60. The molecule has 0 spiro atoms. The number of carbonyl (C=O) groups is 1. The molecular formula is C22H27N3OS. The molecule has 3 rings (SSSR count). The van der Waals surface area contributed by atoms with Crippen LogP contribution in [-0.4, -0.2) is 12.5 Å². The molecule has 1 aliphatic rings. The zero-order valence-corrected chi connectivity index (χ0v) is 17.6. The van der Waals surface area contributed by atoms with E-state index in [1.807, 2.05) is 6.07 Å². The third-order valence-corrected chi connectivity index (χ3v) is 5.90. The number of amides is 1. The minimum absolute atomic E-state index is 0.0275.